The molecule has 1 aromatic rings. The first-order valence-electron chi connectivity index (χ1n) is 7.55. The molecule has 0 saturated carbocycles. The lowest BCUT2D eigenvalue weighted by Crippen LogP contribution is -2.29. The number of hydrogen-bond acceptors (Lipinski definition) is 4. The summed E-state index contributed by atoms with van der Waals surface area (Å²) in [6, 6.07) is 2.07. The summed E-state index contributed by atoms with van der Waals surface area (Å²) in [5, 5.41) is 12.2. The number of rotatable bonds is 2. The quantitative estimate of drug-likeness (QED) is 0.374. The van der Waals surface area contributed by atoms with Crippen LogP contribution in [0.15, 0.2) is 11.2 Å². The monoisotopic (exact) mass is 274 g/mol. The zero-order valence-corrected chi connectivity index (χ0v) is 11.8. The Morgan fingerprint density at radius 3 is 2.60 bits per heavy atom. The molecular formula is C15H22N4O. The molecule has 1 saturated heterocycles. The second kappa shape index (κ2) is 5.69. The van der Waals surface area contributed by atoms with E-state index in [1.165, 1.54) is 36.9 Å². The number of hydrogen-bond donors (Lipinski definition) is 2. The minimum Gasteiger partial charge on any atom is -0.409 e. The predicted molar refractivity (Wildman–Crippen MR) is 79.5 cm³/mol. The second-order valence-electron chi connectivity index (χ2n) is 5.71. The van der Waals surface area contributed by atoms with Crippen LogP contribution in [-0.2, 0) is 12.8 Å². The first-order chi connectivity index (χ1) is 9.79. The highest BCUT2D eigenvalue weighted by molar-refractivity contribution is 6.01. The van der Waals surface area contributed by atoms with Crippen LogP contribution < -0.4 is 10.6 Å². The highest BCUT2D eigenvalue weighted by atomic mass is 16.4. The molecule has 0 amide bonds. The Hall–Kier alpha value is -1.78. The lowest BCUT2D eigenvalue weighted by atomic mass is 10.1. The molecule has 5 heteroatoms. The third kappa shape index (κ3) is 2.44. The molecule has 108 valence electrons. The van der Waals surface area contributed by atoms with E-state index >= 15 is 0 Å². The minimum atomic E-state index is 0.173. The van der Waals surface area contributed by atoms with Gasteiger partial charge in [-0.3, -0.25) is 0 Å². The molecule has 0 atom stereocenters. The lowest BCUT2D eigenvalue weighted by molar-refractivity contribution is 0.318. The van der Waals surface area contributed by atoms with Gasteiger partial charge >= 0.3 is 0 Å². The van der Waals surface area contributed by atoms with Crippen molar-refractivity contribution in [2.75, 3.05) is 18.0 Å². The molecule has 1 aromatic heterocycles. The molecule has 3 N–H and O–H groups in total. The van der Waals surface area contributed by atoms with E-state index in [1.807, 2.05) is 0 Å². The fourth-order valence-electron chi connectivity index (χ4n) is 3.23. The summed E-state index contributed by atoms with van der Waals surface area (Å²) in [5.41, 5.74) is 9.10. The van der Waals surface area contributed by atoms with Crippen LogP contribution in [0.2, 0.25) is 0 Å². The zero-order chi connectivity index (χ0) is 13.9. The molecule has 2 heterocycles. The van der Waals surface area contributed by atoms with Crippen LogP contribution in [0.1, 0.15) is 48.9 Å². The molecule has 1 aliphatic carbocycles. The molecule has 2 aliphatic rings. The number of amidine groups is 1. The van der Waals surface area contributed by atoms with Crippen LogP contribution in [0.4, 0.5) is 5.82 Å². The van der Waals surface area contributed by atoms with Crippen molar-refractivity contribution in [2.24, 2.45) is 10.9 Å². The van der Waals surface area contributed by atoms with Gasteiger partial charge in [0.25, 0.3) is 0 Å². The zero-order valence-electron chi connectivity index (χ0n) is 11.8. The largest absolute Gasteiger partial charge is 0.409 e. The minimum absolute atomic E-state index is 0.173. The van der Waals surface area contributed by atoms with Crippen LogP contribution in [0.5, 0.6) is 0 Å². The van der Waals surface area contributed by atoms with Gasteiger partial charge in [-0.15, -0.1) is 0 Å². The van der Waals surface area contributed by atoms with Gasteiger partial charge in [0.05, 0.1) is 5.56 Å². The fourth-order valence-corrected chi connectivity index (χ4v) is 3.23. The van der Waals surface area contributed by atoms with Crippen molar-refractivity contribution in [3.63, 3.8) is 0 Å². The maximum atomic E-state index is 9.03. The summed E-state index contributed by atoms with van der Waals surface area (Å²) in [7, 11) is 0. The number of pyridine rings is 1. The Bertz CT molecular complexity index is 519. The van der Waals surface area contributed by atoms with Gasteiger partial charge in [0.1, 0.15) is 5.82 Å². The topological polar surface area (TPSA) is 74.7 Å². The summed E-state index contributed by atoms with van der Waals surface area (Å²) < 4.78 is 0. The molecule has 0 unspecified atom stereocenters. The van der Waals surface area contributed by atoms with E-state index in [4.69, 9.17) is 15.9 Å². The molecule has 0 spiro atoms. The molecule has 0 bridgehead atoms. The van der Waals surface area contributed by atoms with E-state index < -0.39 is 0 Å². The summed E-state index contributed by atoms with van der Waals surface area (Å²) in [6.45, 7) is 2.02. The molecule has 1 fully saturated rings. The average Bonchev–Trinajstić information content (AvgIpc) is 2.76. The Morgan fingerprint density at radius 1 is 1.15 bits per heavy atom. The predicted octanol–water partition coefficient (Wildman–Crippen LogP) is 2.05. The van der Waals surface area contributed by atoms with Crippen molar-refractivity contribution < 1.29 is 5.21 Å². The van der Waals surface area contributed by atoms with Gasteiger partial charge in [0.15, 0.2) is 5.84 Å². The van der Waals surface area contributed by atoms with Gasteiger partial charge in [-0.25, -0.2) is 4.98 Å². The number of nitrogens with zero attached hydrogens (tertiary/aromatic N) is 3. The Balaban J connectivity index is 2.02. The van der Waals surface area contributed by atoms with Crippen molar-refractivity contribution in [1.29, 1.82) is 0 Å². The van der Waals surface area contributed by atoms with E-state index in [2.05, 4.69) is 16.1 Å². The molecule has 20 heavy (non-hydrogen) atoms. The number of fused-ring (bicyclic) bond motifs is 1. The first kappa shape index (κ1) is 13.2. The molecule has 5 nitrogen and oxygen atoms in total. The van der Waals surface area contributed by atoms with Crippen LogP contribution in [0.25, 0.3) is 0 Å². The van der Waals surface area contributed by atoms with Crippen molar-refractivity contribution in [2.45, 2.75) is 44.9 Å². The van der Waals surface area contributed by atoms with Crippen molar-refractivity contribution in [1.82, 2.24) is 4.98 Å². The lowest BCUT2D eigenvalue weighted by Gasteiger charge is -2.24. The molecule has 1 aliphatic heterocycles. The van der Waals surface area contributed by atoms with Gasteiger partial charge in [0, 0.05) is 18.8 Å². The summed E-state index contributed by atoms with van der Waals surface area (Å²) in [6.07, 6.45) is 8.19. The normalized spacial score (nSPS) is 19.8. The Morgan fingerprint density at radius 2 is 1.90 bits per heavy atom. The van der Waals surface area contributed by atoms with Crippen molar-refractivity contribution in [3.05, 3.63) is 22.9 Å². The second-order valence-corrected chi connectivity index (χ2v) is 5.71. The van der Waals surface area contributed by atoms with E-state index in [0.717, 1.165) is 43.7 Å². The van der Waals surface area contributed by atoms with E-state index in [-0.39, 0.29) is 5.84 Å². The summed E-state index contributed by atoms with van der Waals surface area (Å²) in [5.74, 6) is 1.08. The van der Waals surface area contributed by atoms with E-state index in [0.29, 0.717) is 0 Å². The smallest absolute Gasteiger partial charge is 0.173 e. The third-order valence-corrected chi connectivity index (χ3v) is 4.32. The van der Waals surface area contributed by atoms with Crippen LogP contribution in [-0.4, -0.2) is 29.1 Å². The number of anilines is 1. The standard InChI is InChI=1S/C15H22N4O/c16-14(18-20)12-10-11-6-5-7-13(11)17-15(12)19-8-3-1-2-4-9-19/h10,20H,1-9H2,(H2,16,18). The van der Waals surface area contributed by atoms with Crippen molar-refractivity contribution in [3.8, 4) is 0 Å². The summed E-state index contributed by atoms with van der Waals surface area (Å²) in [4.78, 5) is 7.15. The Labute approximate surface area is 119 Å². The Kier molecular flexibility index (Phi) is 3.76. The van der Waals surface area contributed by atoms with Gasteiger partial charge < -0.3 is 15.8 Å². The van der Waals surface area contributed by atoms with Crippen LogP contribution in [0.3, 0.4) is 0 Å². The highest BCUT2D eigenvalue weighted by Crippen LogP contribution is 2.28. The summed E-state index contributed by atoms with van der Waals surface area (Å²) >= 11 is 0. The van der Waals surface area contributed by atoms with Crippen LogP contribution in [0, 0.1) is 0 Å². The van der Waals surface area contributed by atoms with E-state index in [1.54, 1.807) is 0 Å². The number of aromatic nitrogens is 1. The van der Waals surface area contributed by atoms with Gasteiger partial charge in [-0.2, -0.15) is 0 Å². The molecule has 0 aromatic carbocycles. The van der Waals surface area contributed by atoms with E-state index in [9.17, 15) is 0 Å². The average molecular weight is 274 g/mol. The number of oxime groups is 1. The van der Waals surface area contributed by atoms with Gasteiger partial charge in [-0.05, 0) is 43.7 Å². The van der Waals surface area contributed by atoms with Gasteiger partial charge in [-0.1, -0.05) is 18.0 Å². The number of nitrogens with two attached hydrogens (primary N) is 1. The number of aryl methyl sites for hydroxylation is 2. The molecule has 0 radical (unpaired) electrons. The van der Waals surface area contributed by atoms with Crippen molar-refractivity contribution >= 4 is 11.7 Å². The first-order valence-corrected chi connectivity index (χ1v) is 7.55. The SMILES string of the molecule is NC(=NO)c1cc2c(nc1N1CCCCCC1)CCC2. The molecular weight excluding hydrogens is 252 g/mol. The third-order valence-electron chi connectivity index (χ3n) is 4.32. The van der Waals surface area contributed by atoms with Gasteiger partial charge in [0.2, 0.25) is 0 Å². The fraction of sp³-hybridized carbons (Fsp3) is 0.600. The maximum Gasteiger partial charge on any atom is 0.173 e. The highest BCUT2D eigenvalue weighted by Gasteiger charge is 2.22. The molecule has 3 rings (SSSR count). The van der Waals surface area contributed by atoms with Crippen LogP contribution >= 0.6 is 0 Å². The maximum absolute atomic E-state index is 9.03.